The highest BCUT2D eigenvalue weighted by Gasteiger charge is 2.22. The minimum atomic E-state index is -0.971. The van der Waals surface area contributed by atoms with E-state index < -0.39 is 23.3 Å². The molecule has 0 amide bonds. The number of esters is 1. The maximum absolute atomic E-state index is 12.3. The Labute approximate surface area is 153 Å². The van der Waals surface area contributed by atoms with Crippen molar-refractivity contribution in [3.8, 4) is 11.8 Å². The van der Waals surface area contributed by atoms with E-state index >= 15 is 0 Å². The van der Waals surface area contributed by atoms with E-state index in [1.54, 1.807) is 12.1 Å². The minimum Gasteiger partial charge on any atom is -0.508 e. The molecular weight excluding hydrogens is 354 g/mol. The number of carbonyl (C=O) groups is 1. The fraction of sp³-hybridized carbons (Fsp3) is 0.294. The predicted molar refractivity (Wildman–Crippen MR) is 96.6 cm³/mol. The van der Waals surface area contributed by atoms with Crippen molar-refractivity contribution < 1.29 is 14.6 Å². The molecular formula is C17H19N5O5. The molecule has 0 radical (unpaired) electrons. The second-order valence-corrected chi connectivity index (χ2v) is 6.23. The molecule has 0 aliphatic carbocycles. The van der Waals surface area contributed by atoms with Gasteiger partial charge in [0, 0.05) is 21.1 Å². The van der Waals surface area contributed by atoms with Crippen molar-refractivity contribution in [2.24, 2.45) is 26.9 Å². The Morgan fingerprint density at radius 3 is 2.41 bits per heavy atom. The number of nitrogens with zero attached hydrogens (tertiary/aromatic N) is 4. The molecule has 0 saturated carbocycles. The Kier molecular flexibility index (Phi) is 4.58. The molecule has 1 aromatic carbocycles. The summed E-state index contributed by atoms with van der Waals surface area (Å²) in [7, 11) is 4.34. The van der Waals surface area contributed by atoms with E-state index in [2.05, 4.69) is 4.98 Å². The minimum absolute atomic E-state index is 0.112. The van der Waals surface area contributed by atoms with Gasteiger partial charge < -0.3 is 15.6 Å². The van der Waals surface area contributed by atoms with Crippen LogP contribution in [-0.4, -0.2) is 35.8 Å². The molecule has 3 aromatic rings. The van der Waals surface area contributed by atoms with Crippen LogP contribution < -0.4 is 21.7 Å². The number of aromatic nitrogens is 4. The third-order valence-electron chi connectivity index (χ3n) is 4.32. The van der Waals surface area contributed by atoms with E-state index in [0.29, 0.717) is 0 Å². The first-order chi connectivity index (χ1) is 12.7. The zero-order chi connectivity index (χ0) is 19.9. The molecule has 0 saturated heterocycles. The van der Waals surface area contributed by atoms with Gasteiger partial charge >= 0.3 is 17.7 Å². The first-order valence-corrected chi connectivity index (χ1v) is 8.08. The molecule has 0 bridgehead atoms. The van der Waals surface area contributed by atoms with Crippen molar-refractivity contribution in [3.63, 3.8) is 0 Å². The summed E-state index contributed by atoms with van der Waals surface area (Å²) in [6.45, 7) is 0. The SMILES string of the molecule is Cn1c(=O)c2c(nc(OC(=O)[C@@H](N)Cc3ccc(O)cc3)n2C)n(C)c1=O. The molecule has 10 heteroatoms. The van der Waals surface area contributed by atoms with E-state index in [-0.39, 0.29) is 29.3 Å². The van der Waals surface area contributed by atoms with Crippen molar-refractivity contribution in [2.75, 3.05) is 0 Å². The molecule has 1 atom stereocenters. The Morgan fingerprint density at radius 2 is 1.78 bits per heavy atom. The molecule has 142 valence electrons. The fourth-order valence-corrected chi connectivity index (χ4v) is 2.72. The number of hydrogen-bond acceptors (Lipinski definition) is 7. The van der Waals surface area contributed by atoms with Gasteiger partial charge in [-0.15, -0.1) is 0 Å². The molecule has 2 heterocycles. The summed E-state index contributed by atoms with van der Waals surface area (Å²) in [6.07, 6.45) is 0.198. The number of phenols is 1. The van der Waals surface area contributed by atoms with Gasteiger partial charge in [-0.05, 0) is 24.1 Å². The van der Waals surface area contributed by atoms with Gasteiger partial charge in [-0.1, -0.05) is 12.1 Å². The van der Waals surface area contributed by atoms with Crippen LogP contribution in [0.25, 0.3) is 11.2 Å². The van der Waals surface area contributed by atoms with Gasteiger partial charge in [0.15, 0.2) is 11.2 Å². The number of nitrogens with two attached hydrogens (primary N) is 1. The van der Waals surface area contributed by atoms with Crippen molar-refractivity contribution >= 4 is 17.1 Å². The topological polar surface area (TPSA) is 134 Å². The van der Waals surface area contributed by atoms with Crippen molar-refractivity contribution in [3.05, 3.63) is 50.7 Å². The second-order valence-electron chi connectivity index (χ2n) is 6.23. The monoisotopic (exact) mass is 373 g/mol. The largest absolute Gasteiger partial charge is 0.508 e. The van der Waals surface area contributed by atoms with Crippen LogP contribution in [-0.2, 0) is 32.4 Å². The quantitative estimate of drug-likeness (QED) is 0.569. The van der Waals surface area contributed by atoms with E-state index in [0.717, 1.165) is 10.1 Å². The Morgan fingerprint density at radius 1 is 1.15 bits per heavy atom. The number of benzene rings is 1. The average molecular weight is 373 g/mol. The predicted octanol–water partition coefficient (Wildman–Crippen LogP) is -0.848. The van der Waals surface area contributed by atoms with Gasteiger partial charge in [-0.3, -0.25) is 18.5 Å². The summed E-state index contributed by atoms with van der Waals surface area (Å²) in [5.41, 5.74) is 5.81. The number of rotatable bonds is 4. The highest BCUT2D eigenvalue weighted by Crippen LogP contribution is 2.16. The third kappa shape index (κ3) is 3.22. The summed E-state index contributed by atoms with van der Waals surface area (Å²) in [4.78, 5) is 40.8. The number of aryl methyl sites for hydroxylation is 2. The van der Waals surface area contributed by atoms with Crippen LogP contribution in [0.1, 0.15) is 5.56 Å². The van der Waals surface area contributed by atoms with E-state index in [9.17, 15) is 19.5 Å². The molecule has 0 unspecified atom stereocenters. The zero-order valence-electron chi connectivity index (χ0n) is 15.0. The lowest BCUT2D eigenvalue weighted by atomic mass is 10.1. The summed E-state index contributed by atoms with van der Waals surface area (Å²) in [5, 5.41) is 9.29. The Balaban J connectivity index is 1.89. The van der Waals surface area contributed by atoms with Gasteiger partial charge in [0.1, 0.15) is 11.8 Å². The van der Waals surface area contributed by atoms with Crippen LogP contribution in [0.3, 0.4) is 0 Å². The standard InChI is InChI=1S/C17H19N5O5/c1-20-12-13(21(2)17(26)22(3)14(12)24)19-16(20)27-15(25)11(18)8-9-4-6-10(23)7-5-9/h4-7,11,23H,8,18H2,1-3H3/t11-/m0/s1. The Hall–Kier alpha value is -3.40. The van der Waals surface area contributed by atoms with E-state index in [4.69, 9.17) is 10.5 Å². The lowest BCUT2D eigenvalue weighted by molar-refractivity contribution is -0.136. The smallest absolute Gasteiger partial charge is 0.332 e. The summed E-state index contributed by atoms with van der Waals surface area (Å²) >= 11 is 0. The second kappa shape index (κ2) is 6.72. The lowest BCUT2D eigenvalue weighted by Gasteiger charge is -2.11. The molecule has 2 aromatic heterocycles. The van der Waals surface area contributed by atoms with Gasteiger partial charge in [-0.2, -0.15) is 4.98 Å². The summed E-state index contributed by atoms with van der Waals surface area (Å²) < 4.78 is 8.71. The first kappa shape index (κ1) is 18.4. The summed E-state index contributed by atoms with van der Waals surface area (Å²) in [5.74, 6) is -0.620. The van der Waals surface area contributed by atoms with Crippen LogP contribution in [0.5, 0.6) is 11.8 Å². The van der Waals surface area contributed by atoms with Gasteiger partial charge in [0.2, 0.25) is 0 Å². The van der Waals surface area contributed by atoms with Crippen molar-refractivity contribution in [1.29, 1.82) is 0 Å². The molecule has 3 rings (SSSR count). The average Bonchev–Trinajstić information content (AvgIpc) is 2.96. The number of hydrogen-bond donors (Lipinski definition) is 2. The number of ether oxygens (including phenoxy) is 1. The van der Waals surface area contributed by atoms with Crippen molar-refractivity contribution in [1.82, 2.24) is 18.7 Å². The molecule has 0 aliphatic rings. The lowest BCUT2D eigenvalue weighted by Crippen LogP contribution is -2.37. The summed E-state index contributed by atoms with van der Waals surface area (Å²) in [6, 6.07) is 5.19. The number of phenolic OH excluding ortho intramolecular Hbond substituents is 1. The van der Waals surface area contributed by atoms with Gasteiger partial charge in [0.25, 0.3) is 5.56 Å². The highest BCUT2D eigenvalue weighted by atomic mass is 16.6. The fourth-order valence-electron chi connectivity index (χ4n) is 2.72. The Bertz CT molecular complexity index is 1140. The van der Waals surface area contributed by atoms with Crippen molar-refractivity contribution in [2.45, 2.75) is 12.5 Å². The number of fused-ring (bicyclic) bond motifs is 1. The number of imidazole rings is 1. The van der Waals surface area contributed by atoms with E-state index in [1.807, 2.05) is 0 Å². The van der Waals surface area contributed by atoms with Gasteiger partial charge in [-0.25, -0.2) is 9.59 Å². The molecule has 0 aliphatic heterocycles. The molecule has 0 fully saturated rings. The van der Waals surface area contributed by atoms with E-state index in [1.165, 1.54) is 42.4 Å². The van der Waals surface area contributed by atoms with Crippen LogP contribution in [0, 0.1) is 0 Å². The first-order valence-electron chi connectivity index (χ1n) is 8.08. The number of carbonyl (C=O) groups excluding carboxylic acids is 1. The third-order valence-corrected chi connectivity index (χ3v) is 4.32. The molecule has 10 nitrogen and oxygen atoms in total. The molecule has 0 spiro atoms. The normalized spacial score (nSPS) is 12.3. The highest BCUT2D eigenvalue weighted by molar-refractivity contribution is 5.79. The maximum atomic E-state index is 12.3. The van der Waals surface area contributed by atoms with Crippen LogP contribution in [0.15, 0.2) is 33.9 Å². The van der Waals surface area contributed by atoms with Gasteiger partial charge in [0.05, 0.1) is 0 Å². The van der Waals surface area contributed by atoms with Crippen LogP contribution in [0.4, 0.5) is 0 Å². The van der Waals surface area contributed by atoms with Crippen LogP contribution in [0.2, 0.25) is 0 Å². The van der Waals surface area contributed by atoms with Crippen LogP contribution >= 0.6 is 0 Å². The maximum Gasteiger partial charge on any atom is 0.332 e. The number of aromatic hydroxyl groups is 1. The molecule has 27 heavy (non-hydrogen) atoms. The molecule has 3 N–H and O–H groups in total. The zero-order valence-corrected chi connectivity index (χ0v) is 15.0.